The number of aryl methyl sites for hydroxylation is 1. The van der Waals surface area contributed by atoms with Gasteiger partial charge in [-0.2, -0.15) is 14.6 Å². The van der Waals surface area contributed by atoms with Crippen LogP contribution in [0.3, 0.4) is 0 Å². The Kier molecular flexibility index (Phi) is 2.94. The lowest BCUT2D eigenvalue weighted by molar-refractivity contribution is 0.355. The molecule has 0 spiro atoms. The lowest BCUT2D eigenvalue weighted by atomic mass is 10.3. The van der Waals surface area contributed by atoms with Gasteiger partial charge in [0, 0.05) is 17.4 Å². The summed E-state index contributed by atoms with van der Waals surface area (Å²) < 4.78 is 78.3. The van der Waals surface area contributed by atoms with Crippen LogP contribution in [0.25, 0.3) is 5.78 Å². The first kappa shape index (κ1) is 16.4. The Morgan fingerprint density at radius 1 is 1.08 bits per heavy atom. The van der Waals surface area contributed by atoms with Gasteiger partial charge in [-0.3, -0.25) is 0 Å². The third kappa shape index (κ3) is 3.09. The molecule has 2 heterocycles. The number of halogens is 6. The van der Waals surface area contributed by atoms with Gasteiger partial charge in [-0.25, -0.2) is 9.37 Å². The van der Waals surface area contributed by atoms with Crippen molar-refractivity contribution in [2.45, 2.75) is 11.8 Å². The Morgan fingerprint density at radius 2 is 1.79 bits per heavy atom. The molecule has 0 bridgehead atoms. The molecule has 5 nitrogen and oxygen atoms in total. The van der Waals surface area contributed by atoms with E-state index in [0.29, 0.717) is 17.8 Å². The Labute approximate surface area is 131 Å². The van der Waals surface area contributed by atoms with Crippen molar-refractivity contribution in [2.24, 2.45) is 0 Å². The number of anilines is 2. The third-order valence-electron chi connectivity index (χ3n) is 3.00. The topological polar surface area (TPSA) is 55.1 Å². The first-order valence-electron chi connectivity index (χ1n) is 6.31. The zero-order valence-electron chi connectivity index (χ0n) is 11.9. The number of fused-ring (bicyclic) bond motifs is 1. The van der Waals surface area contributed by atoms with E-state index in [1.165, 1.54) is 16.9 Å². The maximum absolute atomic E-state index is 13.6. The van der Waals surface area contributed by atoms with Gasteiger partial charge in [-0.1, -0.05) is 19.4 Å². The fourth-order valence-electron chi connectivity index (χ4n) is 2.06. The highest BCUT2D eigenvalue weighted by Crippen LogP contribution is 3.02. The molecule has 3 rings (SSSR count). The van der Waals surface area contributed by atoms with Gasteiger partial charge >= 0.3 is 10.2 Å². The Bertz CT molecular complexity index is 952. The van der Waals surface area contributed by atoms with Crippen LogP contribution in [-0.2, 0) is 0 Å². The molecule has 0 aliphatic rings. The summed E-state index contributed by atoms with van der Waals surface area (Å²) in [5.74, 6) is -1.63. The Hall–Kier alpha value is -2.50. The van der Waals surface area contributed by atoms with Crippen molar-refractivity contribution in [3.05, 3.63) is 42.1 Å². The van der Waals surface area contributed by atoms with Crippen LogP contribution in [0.4, 0.5) is 35.3 Å². The molecule has 3 aromatic rings. The predicted molar refractivity (Wildman–Crippen MR) is 76.6 cm³/mol. The van der Waals surface area contributed by atoms with E-state index >= 15 is 0 Å². The summed E-state index contributed by atoms with van der Waals surface area (Å²) in [4.78, 5) is 5.34. The molecule has 0 fully saturated rings. The lowest BCUT2D eigenvalue weighted by Gasteiger charge is -2.40. The number of rotatable bonds is 3. The molecule has 0 atom stereocenters. The molecule has 130 valence electrons. The summed E-state index contributed by atoms with van der Waals surface area (Å²) >= 11 is 0. The van der Waals surface area contributed by atoms with Crippen molar-refractivity contribution < 1.29 is 23.8 Å². The molecule has 0 aliphatic heterocycles. The van der Waals surface area contributed by atoms with Crippen molar-refractivity contribution in [1.29, 1.82) is 0 Å². The van der Waals surface area contributed by atoms with Crippen molar-refractivity contribution in [3.63, 3.8) is 0 Å². The number of nitrogens with zero attached hydrogens (tertiary/aromatic N) is 4. The first-order chi connectivity index (χ1) is 10.8. The maximum atomic E-state index is 13.6. The number of hydrogen-bond donors (Lipinski definition) is 1. The zero-order chi connectivity index (χ0) is 17.8. The number of benzene rings is 1. The largest absolute Gasteiger partial charge is 0.340 e. The summed E-state index contributed by atoms with van der Waals surface area (Å²) in [5.41, 5.74) is 0.350. The van der Waals surface area contributed by atoms with Crippen LogP contribution < -0.4 is 5.32 Å². The summed E-state index contributed by atoms with van der Waals surface area (Å²) in [6.45, 7) is 1.64. The third-order valence-corrected chi connectivity index (χ3v) is 4.16. The number of nitrogens with one attached hydrogen (secondary N) is 1. The van der Waals surface area contributed by atoms with Crippen molar-refractivity contribution in [2.75, 3.05) is 5.32 Å². The molecule has 0 saturated carbocycles. The van der Waals surface area contributed by atoms with Gasteiger partial charge in [-0.05, 0) is 25.1 Å². The molecule has 24 heavy (non-hydrogen) atoms. The molecular formula is C12H9F6N5S. The Morgan fingerprint density at radius 3 is 2.42 bits per heavy atom. The fourth-order valence-corrected chi connectivity index (χ4v) is 2.81. The molecular weight excluding hydrogens is 360 g/mol. The molecule has 1 N–H and O–H groups in total. The van der Waals surface area contributed by atoms with E-state index in [1.54, 1.807) is 6.92 Å². The molecule has 0 saturated heterocycles. The van der Waals surface area contributed by atoms with Crippen LogP contribution in [0.2, 0.25) is 0 Å². The molecule has 0 radical (unpaired) electrons. The highest BCUT2D eigenvalue weighted by Gasteiger charge is 2.67. The molecule has 2 aromatic heterocycles. The summed E-state index contributed by atoms with van der Waals surface area (Å²) in [7, 11) is -10.1. The van der Waals surface area contributed by atoms with Crippen LogP contribution in [-0.4, -0.2) is 19.6 Å². The average Bonchev–Trinajstić information content (AvgIpc) is 2.83. The number of aromatic nitrogens is 4. The van der Waals surface area contributed by atoms with Crippen LogP contribution in [0.5, 0.6) is 0 Å². The van der Waals surface area contributed by atoms with E-state index in [0.717, 1.165) is 0 Å². The maximum Gasteiger partial charge on any atom is 0.313 e. The second-order valence-electron chi connectivity index (χ2n) is 4.99. The monoisotopic (exact) mass is 369 g/mol. The minimum Gasteiger partial charge on any atom is -0.340 e. The van der Waals surface area contributed by atoms with Gasteiger partial charge in [0.05, 0.1) is 0 Å². The highest BCUT2D eigenvalue weighted by molar-refractivity contribution is 8.45. The summed E-state index contributed by atoms with van der Waals surface area (Å²) in [6, 6.07) is 2.53. The quantitative estimate of drug-likeness (QED) is 0.662. The zero-order valence-corrected chi connectivity index (χ0v) is 12.7. The molecule has 1 aromatic carbocycles. The van der Waals surface area contributed by atoms with Crippen molar-refractivity contribution in [1.82, 2.24) is 19.6 Å². The van der Waals surface area contributed by atoms with Gasteiger partial charge in [0.1, 0.15) is 22.9 Å². The van der Waals surface area contributed by atoms with Gasteiger partial charge in [0.15, 0.2) is 0 Å². The van der Waals surface area contributed by atoms with Crippen LogP contribution in [0.15, 0.2) is 35.5 Å². The molecule has 0 amide bonds. The van der Waals surface area contributed by atoms with Crippen LogP contribution in [0, 0.1) is 12.7 Å². The van der Waals surface area contributed by atoms with E-state index in [2.05, 4.69) is 20.4 Å². The Balaban J connectivity index is 2.03. The fraction of sp³-hybridized carbons (Fsp3) is 0.0833. The average molecular weight is 369 g/mol. The van der Waals surface area contributed by atoms with E-state index in [-0.39, 0.29) is 23.3 Å². The van der Waals surface area contributed by atoms with E-state index < -0.39 is 20.9 Å². The van der Waals surface area contributed by atoms with Gasteiger partial charge in [-0.15, -0.1) is 0 Å². The second kappa shape index (κ2) is 4.32. The highest BCUT2D eigenvalue weighted by atomic mass is 32.5. The van der Waals surface area contributed by atoms with E-state index in [4.69, 9.17) is 0 Å². The van der Waals surface area contributed by atoms with Crippen molar-refractivity contribution in [3.8, 4) is 0 Å². The normalized spacial score (nSPS) is 15.1. The minimum absolute atomic E-state index is 0.00576. The van der Waals surface area contributed by atoms with Gasteiger partial charge in [0.2, 0.25) is 0 Å². The number of hydrogen-bond acceptors (Lipinski definition) is 4. The molecule has 0 unspecified atom stereocenters. The molecule has 12 heteroatoms. The second-order valence-corrected chi connectivity index (χ2v) is 7.37. The standard InChI is InChI=1S/C12H9F6N5S/c1-7-4-11(23-12(21-7)19-6-20-23)22-8-2-3-10(9(13)5-8)24(14,15,16,17)18/h2-6,22H,1H3. The van der Waals surface area contributed by atoms with Crippen LogP contribution in [0.1, 0.15) is 5.69 Å². The van der Waals surface area contributed by atoms with E-state index in [9.17, 15) is 23.8 Å². The first-order valence-corrected chi connectivity index (χ1v) is 8.27. The minimum atomic E-state index is -10.1. The smallest absolute Gasteiger partial charge is 0.313 e. The summed E-state index contributed by atoms with van der Waals surface area (Å²) in [5, 5.41) is 6.45. The SMILES string of the molecule is Cc1cc(Nc2ccc(S(F)(F)(F)(F)F)c(F)c2)n2ncnc2n1. The van der Waals surface area contributed by atoms with Gasteiger partial charge < -0.3 is 5.32 Å². The van der Waals surface area contributed by atoms with E-state index in [1.807, 2.05) is 0 Å². The van der Waals surface area contributed by atoms with Crippen molar-refractivity contribution >= 4 is 27.5 Å². The van der Waals surface area contributed by atoms with Crippen LogP contribution >= 0.6 is 10.2 Å². The molecule has 0 aliphatic carbocycles. The predicted octanol–water partition coefficient (Wildman–Crippen LogP) is 4.97. The summed E-state index contributed by atoms with van der Waals surface area (Å²) in [6.07, 6.45) is 1.20. The van der Waals surface area contributed by atoms with Gasteiger partial charge in [0.25, 0.3) is 5.78 Å². The lowest BCUT2D eigenvalue weighted by Crippen LogP contribution is -2.09.